The Hall–Kier alpha value is -2.49. The molecule has 0 saturated carbocycles. The molecule has 1 heterocycles. The van der Waals surface area contributed by atoms with Crippen LogP contribution in [0.3, 0.4) is 0 Å². The molecule has 0 amide bonds. The maximum Gasteiger partial charge on any atom is 0.337 e. The summed E-state index contributed by atoms with van der Waals surface area (Å²) in [7, 11) is 3.40. The molecule has 4 nitrogen and oxygen atoms in total. The van der Waals surface area contributed by atoms with E-state index in [0.29, 0.717) is 11.4 Å². The van der Waals surface area contributed by atoms with Crippen molar-refractivity contribution in [3.8, 4) is 5.75 Å². The maximum absolute atomic E-state index is 11.4. The van der Waals surface area contributed by atoms with Gasteiger partial charge in [-0.3, -0.25) is 0 Å². The first kappa shape index (κ1) is 13.0. The standard InChI is InChI=1S/C15H15NO3/c1-16-8-4-7-14(16)13(15(17)18)10-11-5-3-6-12(9-11)19-2/h3-10H,1-2H3,(H,17,18)/b13-10+. The second kappa shape index (κ2) is 5.44. The minimum atomic E-state index is -0.954. The molecule has 2 rings (SSSR count). The van der Waals surface area contributed by atoms with Crippen LogP contribution < -0.4 is 4.74 Å². The van der Waals surface area contributed by atoms with Gasteiger partial charge in [0.25, 0.3) is 0 Å². The summed E-state index contributed by atoms with van der Waals surface area (Å²) in [6.07, 6.45) is 3.46. The van der Waals surface area contributed by atoms with Crippen LogP contribution in [0.15, 0.2) is 42.6 Å². The molecular formula is C15H15NO3. The minimum absolute atomic E-state index is 0.251. The molecule has 0 saturated heterocycles. The summed E-state index contributed by atoms with van der Waals surface area (Å²) >= 11 is 0. The first-order valence-corrected chi connectivity index (χ1v) is 5.82. The molecule has 0 spiro atoms. The number of carboxylic acids is 1. The lowest BCUT2D eigenvalue weighted by atomic mass is 10.1. The second-order valence-electron chi connectivity index (χ2n) is 4.14. The highest BCUT2D eigenvalue weighted by Crippen LogP contribution is 2.21. The van der Waals surface area contributed by atoms with Gasteiger partial charge in [0.05, 0.1) is 18.4 Å². The van der Waals surface area contributed by atoms with E-state index in [1.807, 2.05) is 37.5 Å². The zero-order valence-corrected chi connectivity index (χ0v) is 10.8. The summed E-state index contributed by atoms with van der Waals surface area (Å²) in [5, 5.41) is 9.34. The van der Waals surface area contributed by atoms with Gasteiger partial charge in [0.15, 0.2) is 0 Å². The van der Waals surface area contributed by atoms with Crippen LogP contribution in [0.25, 0.3) is 11.6 Å². The van der Waals surface area contributed by atoms with Crippen LogP contribution in [0.5, 0.6) is 5.75 Å². The first-order valence-electron chi connectivity index (χ1n) is 5.82. The number of hydrogen-bond acceptors (Lipinski definition) is 2. The van der Waals surface area contributed by atoms with Crippen LogP contribution in [0.4, 0.5) is 0 Å². The highest BCUT2D eigenvalue weighted by Gasteiger charge is 2.13. The topological polar surface area (TPSA) is 51.5 Å². The van der Waals surface area contributed by atoms with Gasteiger partial charge in [-0.1, -0.05) is 12.1 Å². The fourth-order valence-electron chi connectivity index (χ4n) is 1.88. The lowest BCUT2D eigenvalue weighted by Gasteiger charge is -2.05. The number of methoxy groups -OCH3 is 1. The maximum atomic E-state index is 11.4. The Morgan fingerprint density at radius 1 is 1.32 bits per heavy atom. The molecule has 1 aromatic carbocycles. The molecule has 19 heavy (non-hydrogen) atoms. The SMILES string of the molecule is COc1cccc(/C=C(/C(=O)O)c2cccn2C)c1. The van der Waals surface area contributed by atoms with E-state index in [0.717, 1.165) is 5.56 Å². The molecule has 0 aliphatic heterocycles. The molecule has 0 atom stereocenters. The van der Waals surface area contributed by atoms with E-state index in [1.54, 1.807) is 29.9 Å². The Balaban J connectivity index is 2.47. The van der Waals surface area contributed by atoms with Gasteiger partial charge in [-0.15, -0.1) is 0 Å². The van der Waals surface area contributed by atoms with Crippen LogP contribution in [0.1, 0.15) is 11.3 Å². The third-order valence-electron chi connectivity index (χ3n) is 2.85. The lowest BCUT2D eigenvalue weighted by molar-refractivity contribution is -0.130. The molecule has 1 aromatic heterocycles. The Kier molecular flexibility index (Phi) is 3.71. The molecule has 4 heteroatoms. The highest BCUT2D eigenvalue weighted by molar-refractivity contribution is 6.20. The Labute approximate surface area is 111 Å². The van der Waals surface area contributed by atoms with E-state index in [-0.39, 0.29) is 5.57 Å². The van der Waals surface area contributed by atoms with Crippen LogP contribution in [0, 0.1) is 0 Å². The monoisotopic (exact) mass is 257 g/mol. The van der Waals surface area contributed by atoms with Crippen molar-refractivity contribution < 1.29 is 14.6 Å². The Morgan fingerprint density at radius 3 is 2.68 bits per heavy atom. The first-order chi connectivity index (χ1) is 9.11. The molecule has 98 valence electrons. The number of nitrogens with zero attached hydrogens (tertiary/aromatic N) is 1. The smallest absolute Gasteiger partial charge is 0.337 e. The van der Waals surface area contributed by atoms with E-state index in [4.69, 9.17) is 4.74 Å². The van der Waals surface area contributed by atoms with Crippen molar-refractivity contribution in [1.29, 1.82) is 0 Å². The number of benzene rings is 1. The molecule has 2 aromatic rings. The van der Waals surface area contributed by atoms with Crippen molar-refractivity contribution in [2.45, 2.75) is 0 Å². The van der Waals surface area contributed by atoms with Gasteiger partial charge in [0, 0.05) is 13.2 Å². The molecule has 0 unspecified atom stereocenters. The van der Waals surface area contributed by atoms with Crippen LogP contribution in [-0.2, 0) is 11.8 Å². The summed E-state index contributed by atoms with van der Waals surface area (Å²) < 4.78 is 6.91. The second-order valence-corrected chi connectivity index (χ2v) is 4.14. The summed E-state index contributed by atoms with van der Waals surface area (Å²) in [5.41, 5.74) is 1.70. The number of carboxylic acid groups (broad SMARTS) is 1. The van der Waals surface area contributed by atoms with Crippen molar-refractivity contribution in [3.05, 3.63) is 53.9 Å². The Morgan fingerprint density at radius 2 is 2.11 bits per heavy atom. The van der Waals surface area contributed by atoms with Crippen molar-refractivity contribution in [2.24, 2.45) is 7.05 Å². The van der Waals surface area contributed by atoms with Crippen LogP contribution >= 0.6 is 0 Å². The van der Waals surface area contributed by atoms with Gasteiger partial charge in [0.2, 0.25) is 0 Å². The zero-order chi connectivity index (χ0) is 13.8. The minimum Gasteiger partial charge on any atom is -0.497 e. The molecule has 0 aliphatic carbocycles. The van der Waals surface area contributed by atoms with Crippen molar-refractivity contribution in [3.63, 3.8) is 0 Å². The molecule has 0 radical (unpaired) electrons. The van der Waals surface area contributed by atoms with Crippen molar-refractivity contribution in [1.82, 2.24) is 4.57 Å². The van der Waals surface area contributed by atoms with Crippen LogP contribution in [0.2, 0.25) is 0 Å². The van der Waals surface area contributed by atoms with Crippen molar-refractivity contribution in [2.75, 3.05) is 7.11 Å². The van der Waals surface area contributed by atoms with Gasteiger partial charge in [-0.25, -0.2) is 4.79 Å². The zero-order valence-electron chi connectivity index (χ0n) is 10.8. The normalized spacial score (nSPS) is 11.4. The van der Waals surface area contributed by atoms with Gasteiger partial charge in [0.1, 0.15) is 5.75 Å². The number of carbonyl (C=O) groups is 1. The third-order valence-corrected chi connectivity index (χ3v) is 2.85. The highest BCUT2D eigenvalue weighted by atomic mass is 16.5. The summed E-state index contributed by atoms with van der Waals surface area (Å²) in [6, 6.07) is 10.9. The van der Waals surface area contributed by atoms with E-state index in [2.05, 4.69) is 0 Å². The number of aromatic nitrogens is 1. The van der Waals surface area contributed by atoms with Gasteiger partial charge >= 0.3 is 5.97 Å². The largest absolute Gasteiger partial charge is 0.497 e. The van der Waals surface area contributed by atoms with Crippen LogP contribution in [-0.4, -0.2) is 22.8 Å². The number of aryl methyl sites for hydroxylation is 1. The predicted octanol–water partition coefficient (Wildman–Crippen LogP) is 2.66. The average Bonchev–Trinajstić information content (AvgIpc) is 2.82. The number of rotatable bonds is 4. The van der Waals surface area contributed by atoms with Gasteiger partial charge in [-0.2, -0.15) is 0 Å². The Bertz CT molecular complexity index is 626. The van der Waals surface area contributed by atoms with Crippen molar-refractivity contribution >= 4 is 17.6 Å². The molecular weight excluding hydrogens is 242 g/mol. The van der Waals surface area contributed by atoms with Gasteiger partial charge in [-0.05, 0) is 35.9 Å². The van der Waals surface area contributed by atoms with Gasteiger partial charge < -0.3 is 14.4 Å². The summed E-state index contributed by atoms with van der Waals surface area (Å²) in [4.78, 5) is 11.4. The predicted molar refractivity (Wildman–Crippen MR) is 73.9 cm³/mol. The average molecular weight is 257 g/mol. The molecule has 1 N–H and O–H groups in total. The quantitative estimate of drug-likeness (QED) is 0.857. The third kappa shape index (κ3) is 2.85. The summed E-state index contributed by atoms with van der Waals surface area (Å²) in [6.45, 7) is 0. The lowest BCUT2D eigenvalue weighted by Crippen LogP contribution is -2.04. The van der Waals surface area contributed by atoms with E-state index >= 15 is 0 Å². The molecule has 0 bridgehead atoms. The van der Waals surface area contributed by atoms with E-state index in [9.17, 15) is 9.90 Å². The fourth-order valence-corrected chi connectivity index (χ4v) is 1.88. The fraction of sp³-hybridized carbons (Fsp3) is 0.133. The molecule has 0 aliphatic rings. The van der Waals surface area contributed by atoms with E-state index in [1.165, 1.54) is 0 Å². The number of aliphatic carboxylic acids is 1. The number of ether oxygens (including phenoxy) is 1. The number of hydrogen-bond donors (Lipinski definition) is 1. The van der Waals surface area contributed by atoms with E-state index < -0.39 is 5.97 Å². The summed E-state index contributed by atoms with van der Waals surface area (Å²) in [5.74, 6) is -0.255. The molecule has 0 fully saturated rings.